The molecule has 1 aromatic carbocycles. The molecular weight excluding hydrogens is 344 g/mol. The highest BCUT2D eigenvalue weighted by molar-refractivity contribution is 5.95. The van der Waals surface area contributed by atoms with Crippen LogP contribution in [0.2, 0.25) is 0 Å². The van der Waals surface area contributed by atoms with Crippen molar-refractivity contribution in [3.05, 3.63) is 71.4 Å². The molecule has 27 heavy (non-hydrogen) atoms. The average molecular weight is 366 g/mol. The number of aryl methyl sites for hydroxylation is 1. The lowest BCUT2D eigenvalue weighted by atomic mass is 10.2. The Hall–Kier alpha value is -3.15. The van der Waals surface area contributed by atoms with E-state index in [1.807, 2.05) is 56.3 Å². The number of ether oxygens (including phenoxy) is 2. The minimum Gasteiger partial charge on any atom is -0.486 e. The highest BCUT2D eigenvalue weighted by atomic mass is 16.6. The van der Waals surface area contributed by atoms with Crippen LogP contribution in [0.25, 0.3) is 0 Å². The number of aromatic nitrogens is 1. The number of para-hydroxylation sites is 2. The van der Waals surface area contributed by atoms with E-state index < -0.39 is 0 Å². The van der Waals surface area contributed by atoms with E-state index in [4.69, 9.17) is 13.9 Å². The van der Waals surface area contributed by atoms with E-state index in [0.717, 1.165) is 22.9 Å². The number of nitrogens with one attached hydrogen (secondary N) is 1. The second-order valence-electron chi connectivity index (χ2n) is 6.66. The molecule has 3 aromatic rings. The maximum Gasteiger partial charge on any atom is 0.253 e. The lowest BCUT2D eigenvalue weighted by Gasteiger charge is -2.26. The monoisotopic (exact) mass is 366 g/mol. The third-order valence-corrected chi connectivity index (χ3v) is 4.77. The molecule has 0 aliphatic carbocycles. The summed E-state index contributed by atoms with van der Waals surface area (Å²) < 4.78 is 19.1. The molecule has 1 atom stereocenters. The highest BCUT2D eigenvalue weighted by Gasteiger charge is 2.22. The first kappa shape index (κ1) is 17.3. The second-order valence-corrected chi connectivity index (χ2v) is 6.66. The molecule has 1 amide bonds. The maximum atomic E-state index is 12.7. The Morgan fingerprint density at radius 3 is 2.78 bits per heavy atom. The van der Waals surface area contributed by atoms with Crippen molar-refractivity contribution in [3.8, 4) is 11.5 Å². The molecule has 0 radical (unpaired) electrons. The summed E-state index contributed by atoms with van der Waals surface area (Å²) in [5, 5.41) is 2.96. The van der Waals surface area contributed by atoms with Gasteiger partial charge >= 0.3 is 0 Å². The molecule has 0 bridgehead atoms. The van der Waals surface area contributed by atoms with Crippen molar-refractivity contribution in [3.63, 3.8) is 0 Å². The van der Waals surface area contributed by atoms with E-state index in [0.29, 0.717) is 31.0 Å². The molecule has 4 rings (SSSR count). The van der Waals surface area contributed by atoms with Crippen LogP contribution in [0.5, 0.6) is 11.5 Å². The fourth-order valence-corrected chi connectivity index (χ4v) is 3.30. The molecule has 1 N–H and O–H groups in total. The summed E-state index contributed by atoms with van der Waals surface area (Å²) in [5.74, 6) is 2.19. The predicted molar refractivity (Wildman–Crippen MR) is 100 cm³/mol. The topological polar surface area (TPSA) is 65.6 Å². The van der Waals surface area contributed by atoms with Gasteiger partial charge in [-0.3, -0.25) is 4.79 Å². The zero-order chi connectivity index (χ0) is 18.8. The van der Waals surface area contributed by atoms with Gasteiger partial charge < -0.3 is 23.8 Å². The Morgan fingerprint density at radius 2 is 2.00 bits per heavy atom. The van der Waals surface area contributed by atoms with Crippen molar-refractivity contribution >= 4 is 5.91 Å². The number of carbonyl (C=O) groups excluding carboxylic acids is 1. The fourth-order valence-electron chi connectivity index (χ4n) is 3.30. The number of carbonyl (C=O) groups is 1. The summed E-state index contributed by atoms with van der Waals surface area (Å²) in [6.07, 6.45) is 1.44. The first-order chi connectivity index (χ1) is 13.1. The summed E-state index contributed by atoms with van der Waals surface area (Å²) in [5.41, 5.74) is 2.59. The van der Waals surface area contributed by atoms with Crippen molar-refractivity contribution in [1.29, 1.82) is 0 Å². The number of benzene rings is 1. The van der Waals surface area contributed by atoms with E-state index >= 15 is 0 Å². The Kier molecular flexibility index (Phi) is 4.62. The minimum absolute atomic E-state index is 0.115. The highest BCUT2D eigenvalue weighted by Crippen LogP contribution is 2.30. The number of fused-ring (bicyclic) bond motifs is 1. The van der Waals surface area contributed by atoms with Gasteiger partial charge in [-0.15, -0.1) is 0 Å². The van der Waals surface area contributed by atoms with Crippen LogP contribution in [0.15, 0.2) is 53.1 Å². The largest absolute Gasteiger partial charge is 0.486 e. The van der Waals surface area contributed by atoms with Crippen molar-refractivity contribution in [2.45, 2.75) is 26.5 Å². The molecular formula is C21H22N2O4. The zero-order valence-electron chi connectivity index (χ0n) is 15.4. The SMILES string of the molecule is Cc1cc(C(=O)NCC2COc3ccccc3O2)c(C)n1Cc1ccco1. The molecule has 0 spiro atoms. The van der Waals surface area contributed by atoms with Gasteiger partial charge in [0.05, 0.1) is 24.9 Å². The van der Waals surface area contributed by atoms with Gasteiger partial charge in [0.15, 0.2) is 11.5 Å². The third kappa shape index (κ3) is 3.56. The molecule has 1 aliphatic rings. The summed E-state index contributed by atoms with van der Waals surface area (Å²) in [4.78, 5) is 12.7. The summed E-state index contributed by atoms with van der Waals surface area (Å²) in [6.45, 7) is 5.33. The van der Waals surface area contributed by atoms with E-state index in [9.17, 15) is 4.79 Å². The number of hydrogen-bond acceptors (Lipinski definition) is 4. The molecule has 140 valence electrons. The van der Waals surface area contributed by atoms with E-state index in [1.54, 1.807) is 6.26 Å². The van der Waals surface area contributed by atoms with Gasteiger partial charge in [-0.05, 0) is 44.2 Å². The molecule has 1 unspecified atom stereocenters. The Labute approximate surface area is 157 Å². The Balaban J connectivity index is 1.40. The van der Waals surface area contributed by atoms with Gasteiger partial charge in [0.25, 0.3) is 5.91 Å². The number of amides is 1. The molecule has 6 heteroatoms. The first-order valence-electron chi connectivity index (χ1n) is 8.97. The number of rotatable bonds is 5. The molecule has 0 saturated heterocycles. The van der Waals surface area contributed by atoms with Crippen molar-refractivity contribution < 1.29 is 18.7 Å². The first-order valence-corrected chi connectivity index (χ1v) is 8.97. The van der Waals surface area contributed by atoms with Gasteiger partial charge in [0.1, 0.15) is 18.5 Å². The maximum absolute atomic E-state index is 12.7. The molecule has 3 heterocycles. The predicted octanol–water partition coefficient (Wildman–Crippen LogP) is 3.32. The Bertz CT molecular complexity index is 943. The van der Waals surface area contributed by atoms with Crippen LogP contribution in [0, 0.1) is 13.8 Å². The normalized spacial score (nSPS) is 15.6. The van der Waals surface area contributed by atoms with Gasteiger partial charge in [0.2, 0.25) is 0 Å². The van der Waals surface area contributed by atoms with Gasteiger partial charge in [-0.25, -0.2) is 0 Å². The molecule has 2 aromatic heterocycles. The summed E-state index contributed by atoms with van der Waals surface area (Å²) >= 11 is 0. The van der Waals surface area contributed by atoms with Gasteiger partial charge in [0, 0.05) is 11.4 Å². The van der Waals surface area contributed by atoms with Gasteiger partial charge in [-0.2, -0.15) is 0 Å². The second kappa shape index (κ2) is 7.23. The van der Waals surface area contributed by atoms with Crippen molar-refractivity contribution in [2.24, 2.45) is 0 Å². The molecule has 1 aliphatic heterocycles. The van der Waals surface area contributed by atoms with Gasteiger partial charge in [-0.1, -0.05) is 12.1 Å². The molecule has 0 fully saturated rings. The average Bonchev–Trinajstić information content (AvgIpc) is 3.30. The van der Waals surface area contributed by atoms with Crippen LogP contribution >= 0.6 is 0 Å². The van der Waals surface area contributed by atoms with Crippen LogP contribution in [-0.2, 0) is 6.54 Å². The fraction of sp³-hybridized carbons (Fsp3) is 0.286. The van der Waals surface area contributed by atoms with Crippen LogP contribution in [0.1, 0.15) is 27.5 Å². The van der Waals surface area contributed by atoms with E-state index in [-0.39, 0.29) is 12.0 Å². The van der Waals surface area contributed by atoms with Crippen molar-refractivity contribution in [2.75, 3.05) is 13.2 Å². The number of furan rings is 1. The Morgan fingerprint density at radius 1 is 1.19 bits per heavy atom. The molecule has 0 saturated carbocycles. The van der Waals surface area contributed by atoms with Crippen LogP contribution in [-0.4, -0.2) is 29.7 Å². The third-order valence-electron chi connectivity index (χ3n) is 4.77. The van der Waals surface area contributed by atoms with Crippen LogP contribution < -0.4 is 14.8 Å². The van der Waals surface area contributed by atoms with E-state index in [1.165, 1.54) is 0 Å². The number of hydrogen-bond donors (Lipinski definition) is 1. The molecule has 6 nitrogen and oxygen atoms in total. The zero-order valence-corrected chi connectivity index (χ0v) is 15.4. The quantitative estimate of drug-likeness (QED) is 0.752. The lowest BCUT2D eigenvalue weighted by Crippen LogP contribution is -2.40. The van der Waals surface area contributed by atoms with E-state index in [2.05, 4.69) is 9.88 Å². The standard InChI is InChI=1S/C21H22N2O4/c1-14-10-18(15(2)23(14)12-16-6-5-9-25-16)21(24)22-11-17-13-26-19-7-3-4-8-20(19)27-17/h3-10,17H,11-13H2,1-2H3,(H,22,24). The minimum atomic E-state index is -0.213. The lowest BCUT2D eigenvalue weighted by molar-refractivity contribution is 0.0789. The summed E-state index contributed by atoms with van der Waals surface area (Å²) in [6, 6.07) is 13.2. The smallest absolute Gasteiger partial charge is 0.253 e. The van der Waals surface area contributed by atoms with Crippen LogP contribution in [0.3, 0.4) is 0 Å². The summed E-state index contributed by atoms with van der Waals surface area (Å²) in [7, 11) is 0. The van der Waals surface area contributed by atoms with Crippen molar-refractivity contribution in [1.82, 2.24) is 9.88 Å². The number of nitrogens with zero attached hydrogens (tertiary/aromatic N) is 1. The van der Waals surface area contributed by atoms with Crippen LogP contribution in [0.4, 0.5) is 0 Å².